The van der Waals surface area contributed by atoms with Crippen LogP contribution in [0.1, 0.15) is 12.8 Å². The van der Waals surface area contributed by atoms with Gasteiger partial charge >= 0.3 is 0 Å². The quantitative estimate of drug-likeness (QED) is 0.502. The van der Waals surface area contributed by atoms with Gasteiger partial charge in [0.15, 0.2) is 5.65 Å². The Labute approximate surface area is 174 Å². The molecule has 0 saturated carbocycles. The minimum atomic E-state index is -3.15. The number of H-pyrrole nitrogens is 1. The number of nitrogens with one attached hydrogen (secondary N) is 2. The lowest BCUT2D eigenvalue weighted by atomic mass is 10.1. The van der Waals surface area contributed by atoms with E-state index in [9.17, 15) is 8.42 Å². The maximum atomic E-state index is 11.7. The number of methoxy groups -OCH3 is 1. The van der Waals surface area contributed by atoms with Crippen molar-refractivity contribution in [2.45, 2.75) is 18.9 Å². The highest BCUT2D eigenvalue weighted by atomic mass is 32.2. The molecule has 162 valence electrons. The predicted octanol–water partition coefficient (Wildman–Crippen LogP) is 0.980. The summed E-state index contributed by atoms with van der Waals surface area (Å²) in [6.45, 7) is 1.81. The molecule has 4 rings (SSSR count). The summed E-state index contributed by atoms with van der Waals surface area (Å²) in [4.78, 5) is 4.60. The molecule has 0 spiro atoms. The highest BCUT2D eigenvalue weighted by molar-refractivity contribution is 7.88. The van der Waals surface area contributed by atoms with Gasteiger partial charge in [-0.3, -0.25) is 5.10 Å². The number of piperidine rings is 1. The first-order valence-corrected chi connectivity index (χ1v) is 11.5. The zero-order chi connectivity index (χ0) is 21.1. The van der Waals surface area contributed by atoms with Crippen LogP contribution >= 0.6 is 0 Å². The van der Waals surface area contributed by atoms with Gasteiger partial charge in [0.2, 0.25) is 21.9 Å². The van der Waals surface area contributed by atoms with Crippen molar-refractivity contribution < 1.29 is 17.9 Å². The number of ether oxygens (including phenoxy) is 2. The Morgan fingerprint density at radius 2 is 2.03 bits per heavy atom. The Kier molecular flexibility index (Phi) is 5.88. The number of nitrogens with zero attached hydrogens (tertiary/aromatic N) is 5. The van der Waals surface area contributed by atoms with Crippen LogP contribution in [0.15, 0.2) is 24.5 Å². The molecular formula is C18H25N7O4S. The molecule has 1 aliphatic rings. The van der Waals surface area contributed by atoms with Gasteiger partial charge in [-0.1, -0.05) is 0 Å². The lowest BCUT2D eigenvalue weighted by Crippen LogP contribution is -2.41. The summed E-state index contributed by atoms with van der Waals surface area (Å²) in [5.74, 6) is 1.03. The molecule has 0 aliphatic carbocycles. The molecule has 1 aliphatic heterocycles. The van der Waals surface area contributed by atoms with E-state index in [0.29, 0.717) is 56.6 Å². The third-order valence-electron chi connectivity index (χ3n) is 5.03. The summed E-state index contributed by atoms with van der Waals surface area (Å²) in [6, 6.07) is 3.90. The molecule has 11 nitrogen and oxygen atoms in total. The van der Waals surface area contributed by atoms with E-state index in [1.165, 1.54) is 10.6 Å². The van der Waals surface area contributed by atoms with E-state index < -0.39 is 10.0 Å². The second-order valence-corrected chi connectivity index (χ2v) is 9.18. The first-order valence-electron chi connectivity index (χ1n) is 9.67. The third kappa shape index (κ3) is 4.55. The van der Waals surface area contributed by atoms with E-state index in [4.69, 9.17) is 9.47 Å². The van der Waals surface area contributed by atoms with Crippen molar-refractivity contribution in [3.05, 3.63) is 24.5 Å². The number of hydrogen-bond donors (Lipinski definition) is 2. The Morgan fingerprint density at radius 1 is 1.23 bits per heavy atom. The van der Waals surface area contributed by atoms with Gasteiger partial charge in [0.05, 0.1) is 19.1 Å². The molecule has 30 heavy (non-hydrogen) atoms. The highest BCUT2D eigenvalue weighted by Gasteiger charge is 2.25. The van der Waals surface area contributed by atoms with Crippen molar-refractivity contribution in [3.8, 4) is 17.0 Å². The van der Waals surface area contributed by atoms with Crippen molar-refractivity contribution in [1.29, 1.82) is 0 Å². The molecule has 1 saturated heterocycles. The molecule has 3 aromatic rings. The van der Waals surface area contributed by atoms with Crippen molar-refractivity contribution in [3.63, 3.8) is 0 Å². The first kappa shape index (κ1) is 20.6. The van der Waals surface area contributed by atoms with Gasteiger partial charge in [-0.15, -0.1) is 5.10 Å². The number of pyridine rings is 1. The number of rotatable bonds is 8. The van der Waals surface area contributed by atoms with Gasteiger partial charge in [-0.05, 0) is 24.5 Å². The van der Waals surface area contributed by atoms with Gasteiger partial charge in [0.1, 0.15) is 6.61 Å². The molecule has 0 atom stereocenters. The van der Waals surface area contributed by atoms with Gasteiger partial charge in [0, 0.05) is 44.1 Å². The van der Waals surface area contributed by atoms with Gasteiger partial charge in [0.25, 0.3) is 0 Å². The van der Waals surface area contributed by atoms with Crippen LogP contribution in [0, 0.1) is 0 Å². The Bertz CT molecular complexity index is 1090. The van der Waals surface area contributed by atoms with E-state index in [1.54, 1.807) is 24.0 Å². The van der Waals surface area contributed by atoms with Crippen LogP contribution in [-0.2, 0) is 14.8 Å². The summed E-state index contributed by atoms with van der Waals surface area (Å²) in [5, 5.41) is 14.7. The summed E-state index contributed by atoms with van der Waals surface area (Å²) >= 11 is 0. The first-order chi connectivity index (χ1) is 14.4. The van der Waals surface area contributed by atoms with Gasteiger partial charge < -0.3 is 14.8 Å². The smallest absolute Gasteiger partial charge is 0.243 e. The number of aromatic nitrogens is 5. The zero-order valence-corrected chi connectivity index (χ0v) is 17.7. The lowest BCUT2D eigenvalue weighted by Gasteiger charge is -2.30. The standard InChI is InChI=1S/C18H25N7O4S/c1-28-7-8-29-17-10-13(14-11-19-20-12-14)9-16-22-18(23-25(16)17)21-15-3-5-24(6-4-15)30(2,26)27/h9-12,15H,3-8H2,1-2H3,(H,19,20)(H,21,23). The molecule has 12 heteroatoms. The predicted molar refractivity (Wildman–Crippen MR) is 111 cm³/mol. The third-order valence-corrected chi connectivity index (χ3v) is 6.33. The zero-order valence-electron chi connectivity index (χ0n) is 16.9. The van der Waals surface area contributed by atoms with Crippen LogP contribution in [0.3, 0.4) is 0 Å². The number of fused-ring (bicyclic) bond motifs is 1. The second-order valence-electron chi connectivity index (χ2n) is 7.20. The fourth-order valence-electron chi connectivity index (χ4n) is 3.44. The normalized spacial score (nSPS) is 16.2. The minimum absolute atomic E-state index is 0.103. The molecule has 2 N–H and O–H groups in total. The Balaban J connectivity index is 1.55. The van der Waals surface area contributed by atoms with E-state index in [2.05, 4.69) is 25.6 Å². The molecule has 3 aromatic heterocycles. The molecular weight excluding hydrogens is 410 g/mol. The Morgan fingerprint density at radius 3 is 2.70 bits per heavy atom. The number of sulfonamides is 1. The van der Waals surface area contributed by atoms with E-state index in [-0.39, 0.29) is 6.04 Å². The van der Waals surface area contributed by atoms with Crippen LogP contribution in [0.25, 0.3) is 16.8 Å². The lowest BCUT2D eigenvalue weighted by molar-refractivity contribution is 0.142. The Hall–Kier alpha value is -2.70. The number of aromatic amines is 1. The largest absolute Gasteiger partial charge is 0.475 e. The van der Waals surface area contributed by atoms with Gasteiger partial charge in [-0.25, -0.2) is 12.7 Å². The number of hydrogen-bond acceptors (Lipinski definition) is 8. The maximum absolute atomic E-state index is 11.7. The van der Waals surface area contributed by atoms with E-state index in [0.717, 1.165) is 11.1 Å². The molecule has 0 aromatic carbocycles. The fraction of sp³-hybridized carbons (Fsp3) is 0.500. The number of anilines is 1. The second kappa shape index (κ2) is 8.58. The molecule has 0 amide bonds. The average molecular weight is 436 g/mol. The van der Waals surface area contributed by atoms with E-state index in [1.807, 2.05) is 12.1 Å². The summed E-state index contributed by atoms with van der Waals surface area (Å²) in [7, 11) is -1.53. The van der Waals surface area contributed by atoms with Crippen LogP contribution in [0.2, 0.25) is 0 Å². The molecule has 0 radical (unpaired) electrons. The molecule has 0 unspecified atom stereocenters. The van der Waals surface area contributed by atoms with Crippen LogP contribution in [0.4, 0.5) is 5.95 Å². The highest BCUT2D eigenvalue weighted by Crippen LogP contribution is 2.26. The van der Waals surface area contributed by atoms with E-state index >= 15 is 0 Å². The maximum Gasteiger partial charge on any atom is 0.243 e. The van der Waals surface area contributed by atoms with Crippen molar-refractivity contribution in [1.82, 2.24) is 29.1 Å². The SMILES string of the molecule is COCCOc1cc(-c2cn[nH]c2)cc2nc(NC3CCN(S(C)(=O)=O)CC3)nn12. The topological polar surface area (TPSA) is 127 Å². The van der Waals surface area contributed by atoms with Crippen LogP contribution in [-0.4, -0.2) is 83.2 Å². The minimum Gasteiger partial charge on any atom is -0.475 e. The summed E-state index contributed by atoms with van der Waals surface area (Å²) in [5.41, 5.74) is 2.46. The molecule has 1 fully saturated rings. The summed E-state index contributed by atoms with van der Waals surface area (Å²) in [6.07, 6.45) is 6.17. The molecule has 4 heterocycles. The van der Waals surface area contributed by atoms with Gasteiger partial charge in [-0.2, -0.15) is 14.6 Å². The van der Waals surface area contributed by atoms with Crippen molar-refractivity contribution >= 4 is 21.6 Å². The summed E-state index contributed by atoms with van der Waals surface area (Å²) < 4.78 is 37.5. The fourth-order valence-corrected chi connectivity index (χ4v) is 4.31. The van der Waals surface area contributed by atoms with Crippen molar-refractivity contribution in [2.75, 3.05) is 45.0 Å². The van der Waals surface area contributed by atoms with Crippen molar-refractivity contribution in [2.24, 2.45) is 0 Å². The monoisotopic (exact) mass is 435 g/mol. The van der Waals surface area contributed by atoms with Crippen LogP contribution < -0.4 is 10.1 Å². The molecule has 0 bridgehead atoms. The van der Waals surface area contributed by atoms with Crippen LogP contribution in [0.5, 0.6) is 5.88 Å². The average Bonchev–Trinajstić information content (AvgIpc) is 3.37.